The average molecular weight is 587 g/mol. The monoisotopic (exact) mass is 586 g/mol. The zero-order valence-corrected chi connectivity index (χ0v) is 24.8. The van der Waals surface area contributed by atoms with Crippen LogP contribution in [0.1, 0.15) is 28.0 Å². The van der Waals surface area contributed by atoms with Crippen LogP contribution in [-0.4, -0.2) is 84.5 Å². The number of nitrogens with zero attached hydrogens (tertiary/aromatic N) is 5. The SMILES string of the molecule is CNc1cc(F)cc2c1Cc1ncc(-c3cnc4c(c3)c(=O)c(C(=O)O)cn4C)c(N3CCC(CN(C)CCOC)C3)c1-2. The summed E-state index contributed by atoms with van der Waals surface area (Å²) in [7, 11) is 7.26. The summed E-state index contributed by atoms with van der Waals surface area (Å²) in [5.41, 5.74) is 6.15. The maximum Gasteiger partial charge on any atom is 0.341 e. The minimum Gasteiger partial charge on any atom is -0.477 e. The Balaban J connectivity index is 1.52. The van der Waals surface area contributed by atoms with Crippen LogP contribution in [0.4, 0.5) is 15.8 Å². The van der Waals surface area contributed by atoms with Gasteiger partial charge in [0.05, 0.1) is 23.4 Å². The van der Waals surface area contributed by atoms with Gasteiger partial charge in [-0.15, -0.1) is 0 Å². The number of hydrogen-bond donors (Lipinski definition) is 2. The van der Waals surface area contributed by atoms with Gasteiger partial charge in [-0.3, -0.25) is 9.78 Å². The molecule has 0 spiro atoms. The largest absolute Gasteiger partial charge is 0.477 e. The Bertz CT molecular complexity index is 1810. The zero-order chi connectivity index (χ0) is 30.4. The number of carboxylic acid groups (broad SMARTS) is 1. The first-order valence-electron chi connectivity index (χ1n) is 14.4. The number of aromatic carboxylic acids is 1. The second-order valence-corrected chi connectivity index (χ2v) is 11.5. The molecule has 1 atom stereocenters. The van der Waals surface area contributed by atoms with Crippen molar-refractivity contribution in [2.45, 2.75) is 12.8 Å². The lowest BCUT2D eigenvalue weighted by molar-refractivity contribution is 0.0695. The molecule has 10 nitrogen and oxygen atoms in total. The molecule has 2 aliphatic rings. The minimum atomic E-state index is -1.29. The third kappa shape index (κ3) is 5.12. The van der Waals surface area contributed by atoms with Crippen LogP contribution in [0.5, 0.6) is 0 Å². The van der Waals surface area contributed by atoms with E-state index < -0.39 is 11.4 Å². The number of benzene rings is 1. The Hall–Kier alpha value is -4.35. The van der Waals surface area contributed by atoms with E-state index >= 15 is 0 Å². The molecule has 1 aliphatic carbocycles. The molecule has 0 radical (unpaired) electrons. The van der Waals surface area contributed by atoms with Gasteiger partial charge < -0.3 is 29.5 Å². The van der Waals surface area contributed by atoms with Crippen molar-refractivity contribution in [3.8, 4) is 22.3 Å². The van der Waals surface area contributed by atoms with Crippen LogP contribution in [-0.2, 0) is 18.2 Å². The van der Waals surface area contributed by atoms with E-state index in [-0.39, 0.29) is 16.8 Å². The van der Waals surface area contributed by atoms with Crippen molar-refractivity contribution in [3.05, 3.63) is 69.7 Å². The van der Waals surface area contributed by atoms with E-state index in [4.69, 9.17) is 9.72 Å². The molecule has 1 aliphatic heterocycles. The van der Waals surface area contributed by atoms with Crippen LogP contribution in [0.25, 0.3) is 33.3 Å². The van der Waals surface area contributed by atoms with Gasteiger partial charge in [-0.25, -0.2) is 14.2 Å². The van der Waals surface area contributed by atoms with Crippen LogP contribution in [0.2, 0.25) is 0 Å². The number of carboxylic acids is 1. The number of rotatable bonds is 9. The number of methoxy groups -OCH3 is 1. The van der Waals surface area contributed by atoms with Crippen molar-refractivity contribution >= 4 is 28.4 Å². The number of hydrogen-bond acceptors (Lipinski definition) is 8. The number of pyridine rings is 3. The maximum atomic E-state index is 14.9. The summed E-state index contributed by atoms with van der Waals surface area (Å²) in [4.78, 5) is 39.1. The number of aromatic nitrogens is 3. The highest BCUT2D eigenvalue weighted by atomic mass is 19.1. The summed E-state index contributed by atoms with van der Waals surface area (Å²) in [6.45, 7) is 4.04. The summed E-state index contributed by atoms with van der Waals surface area (Å²) in [6, 6.07) is 4.79. The first-order valence-corrected chi connectivity index (χ1v) is 14.4. The topological polar surface area (TPSA) is 113 Å². The predicted molar refractivity (Wildman–Crippen MR) is 165 cm³/mol. The van der Waals surface area contributed by atoms with E-state index in [1.54, 1.807) is 44.1 Å². The molecule has 0 saturated carbocycles. The summed E-state index contributed by atoms with van der Waals surface area (Å²) >= 11 is 0. The lowest BCUT2D eigenvalue weighted by atomic mass is 9.97. The van der Waals surface area contributed by atoms with Gasteiger partial charge in [-0.2, -0.15) is 0 Å². The summed E-state index contributed by atoms with van der Waals surface area (Å²) in [6.07, 6.45) is 6.36. The number of ether oxygens (including phenoxy) is 1. The Morgan fingerprint density at radius 3 is 2.79 bits per heavy atom. The zero-order valence-electron chi connectivity index (χ0n) is 24.8. The van der Waals surface area contributed by atoms with Crippen molar-refractivity contribution in [1.29, 1.82) is 0 Å². The molecule has 0 bridgehead atoms. The number of nitrogens with one attached hydrogen (secondary N) is 1. The molecule has 11 heteroatoms. The van der Waals surface area contributed by atoms with Crippen LogP contribution in [0.15, 0.2) is 41.6 Å². The van der Waals surface area contributed by atoms with E-state index in [0.29, 0.717) is 30.2 Å². The first-order chi connectivity index (χ1) is 20.7. The number of carbonyl (C=O) groups is 1. The van der Waals surface area contributed by atoms with E-state index in [1.807, 2.05) is 6.20 Å². The first kappa shape index (κ1) is 28.8. The third-order valence-electron chi connectivity index (χ3n) is 8.63. The van der Waals surface area contributed by atoms with Crippen LogP contribution in [0, 0.1) is 11.7 Å². The number of likely N-dealkylation sites (N-methyl/N-ethyl adjacent to an activating group) is 1. The molecule has 1 fully saturated rings. The van der Waals surface area contributed by atoms with Crippen molar-refractivity contribution in [2.75, 3.05) is 64.2 Å². The highest BCUT2D eigenvalue weighted by Gasteiger charge is 2.33. The molecule has 1 aromatic carbocycles. The van der Waals surface area contributed by atoms with Gasteiger partial charge in [0, 0.05) is 94.8 Å². The molecule has 1 unspecified atom stereocenters. The number of halogens is 1. The molecule has 6 rings (SSSR count). The lowest BCUT2D eigenvalue weighted by Crippen LogP contribution is -2.30. The molecule has 43 heavy (non-hydrogen) atoms. The quantitative estimate of drug-likeness (QED) is 0.266. The maximum absolute atomic E-state index is 14.9. The van der Waals surface area contributed by atoms with Gasteiger partial charge in [0.1, 0.15) is 17.0 Å². The molecular formula is C32H35FN6O4. The fraction of sp³-hybridized carbons (Fsp3) is 0.375. The average Bonchev–Trinajstić information content (AvgIpc) is 3.61. The third-order valence-corrected chi connectivity index (χ3v) is 8.63. The normalized spacial score (nSPS) is 15.8. The highest BCUT2D eigenvalue weighted by Crippen LogP contribution is 2.49. The molecule has 3 aromatic heterocycles. The van der Waals surface area contributed by atoms with Gasteiger partial charge in [0.25, 0.3) is 0 Å². The number of aryl methyl sites for hydroxylation is 1. The van der Waals surface area contributed by atoms with Crippen molar-refractivity contribution in [3.63, 3.8) is 0 Å². The smallest absolute Gasteiger partial charge is 0.341 e. The summed E-state index contributed by atoms with van der Waals surface area (Å²) in [5, 5.41) is 13.0. The van der Waals surface area contributed by atoms with Crippen molar-refractivity contribution in [2.24, 2.45) is 13.0 Å². The van der Waals surface area contributed by atoms with E-state index in [0.717, 1.165) is 71.9 Å². The second-order valence-electron chi connectivity index (χ2n) is 11.5. The van der Waals surface area contributed by atoms with Gasteiger partial charge >= 0.3 is 5.97 Å². The molecule has 0 amide bonds. The van der Waals surface area contributed by atoms with Gasteiger partial charge in [-0.1, -0.05) is 0 Å². The standard InChI is InChI=1S/C32H35FN6O4/c1-34-26-11-20(33)10-22-21(26)12-27-28(22)29(39-6-5-18(16-39)15-37(2)7-8-43-4)24(14-35-27)19-9-23-30(40)25(32(41)42)17-38(3)31(23)36-13-19/h9-11,13-14,17-18,34H,5-8,12,15-16H2,1-4H3,(H,41,42). The fourth-order valence-electron chi connectivity index (χ4n) is 6.56. The Morgan fingerprint density at radius 1 is 1.23 bits per heavy atom. The molecule has 4 heterocycles. The van der Waals surface area contributed by atoms with E-state index in [9.17, 15) is 19.1 Å². The van der Waals surface area contributed by atoms with Crippen molar-refractivity contribution in [1.82, 2.24) is 19.4 Å². The molecule has 224 valence electrons. The molecule has 4 aromatic rings. The lowest BCUT2D eigenvalue weighted by Gasteiger charge is -2.26. The minimum absolute atomic E-state index is 0.217. The Morgan fingerprint density at radius 2 is 2.05 bits per heavy atom. The van der Waals surface area contributed by atoms with Crippen LogP contribution >= 0.6 is 0 Å². The van der Waals surface area contributed by atoms with E-state index in [2.05, 4.69) is 27.1 Å². The predicted octanol–water partition coefficient (Wildman–Crippen LogP) is 3.85. The number of anilines is 2. The molecule has 2 N–H and O–H groups in total. The van der Waals surface area contributed by atoms with E-state index in [1.165, 1.54) is 12.3 Å². The highest BCUT2D eigenvalue weighted by molar-refractivity contribution is 5.98. The Kier molecular flexibility index (Phi) is 7.61. The molecular weight excluding hydrogens is 551 g/mol. The fourth-order valence-corrected chi connectivity index (χ4v) is 6.56. The van der Waals surface area contributed by atoms with Crippen molar-refractivity contribution < 1.29 is 19.0 Å². The summed E-state index contributed by atoms with van der Waals surface area (Å²) < 4.78 is 21.7. The summed E-state index contributed by atoms with van der Waals surface area (Å²) in [5.74, 6) is -1.20. The Labute approximate surface area is 248 Å². The number of fused-ring (bicyclic) bond motifs is 4. The van der Waals surface area contributed by atoms with Gasteiger partial charge in [0.2, 0.25) is 5.43 Å². The molecule has 1 saturated heterocycles. The van der Waals surface area contributed by atoms with Crippen LogP contribution < -0.4 is 15.6 Å². The van der Waals surface area contributed by atoms with Crippen LogP contribution in [0.3, 0.4) is 0 Å². The van der Waals surface area contributed by atoms with Gasteiger partial charge in [0.15, 0.2) is 0 Å². The van der Waals surface area contributed by atoms with Gasteiger partial charge in [-0.05, 0) is 48.7 Å². The second kappa shape index (κ2) is 11.4.